The zero-order valence-corrected chi connectivity index (χ0v) is 17.4. The van der Waals surface area contributed by atoms with Crippen LogP contribution in [0, 0.1) is 0 Å². The zero-order chi connectivity index (χ0) is 19.1. The molecule has 28 heavy (non-hydrogen) atoms. The lowest BCUT2D eigenvalue weighted by molar-refractivity contribution is -0.683. The molecule has 0 aliphatic rings. The van der Waals surface area contributed by atoms with E-state index in [-0.39, 0.29) is 35.2 Å². The van der Waals surface area contributed by atoms with E-state index in [0.29, 0.717) is 17.7 Å². The lowest BCUT2D eigenvalue weighted by Crippen LogP contribution is -3.00. The average molecular weight is 439 g/mol. The van der Waals surface area contributed by atoms with Gasteiger partial charge in [-0.1, -0.05) is 61.5 Å². The standard InChI is InChI=1S/C23H22N2O2.BrH/c1-2-18-8-10-20(11-9-18)22(26)17-25-14-12-21(13-15-25)23(27)24-16-19-6-4-3-5-7-19;/h3-15H,2,16-17H2,1H3;1H. The molecule has 0 aliphatic heterocycles. The van der Waals surface area contributed by atoms with Crippen LogP contribution in [-0.2, 0) is 19.5 Å². The number of hydrogen-bond donors (Lipinski definition) is 1. The fourth-order valence-electron chi connectivity index (χ4n) is 2.78. The van der Waals surface area contributed by atoms with Gasteiger partial charge >= 0.3 is 0 Å². The number of aromatic nitrogens is 1. The van der Waals surface area contributed by atoms with Crippen LogP contribution in [0.25, 0.3) is 0 Å². The van der Waals surface area contributed by atoms with Crippen LogP contribution in [-0.4, -0.2) is 11.7 Å². The minimum atomic E-state index is -0.132. The molecule has 1 N–H and O–H groups in total. The number of amides is 1. The van der Waals surface area contributed by atoms with Crippen molar-refractivity contribution in [2.24, 2.45) is 0 Å². The Morgan fingerprint density at radius 2 is 1.46 bits per heavy atom. The van der Waals surface area contributed by atoms with Crippen LogP contribution in [0.3, 0.4) is 0 Å². The molecule has 0 atom stereocenters. The van der Waals surface area contributed by atoms with Crippen molar-refractivity contribution in [2.45, 2.75) is 26.4 Å². The highest BCUT2D eigenvalue weighted by molar-refractivity contribution is 5.95. The van der Waals surface area contributed by atoms with Crippen molar-refractivity contribution < 1.29 is 31.1 Å². The summed E-state index contributed by atoms with van der Waals surface area (Å²) in [5.74, 6) is -0.0867. The van der Waals surface area contributed by atoms with E-state index in [9.17, 15) is 9.59 Å². The zero-order valence-electron chi connectivity index (χ0n) is 15.8. The van der Waals surface area contributed by atoms with Crippen molar-refractivity contribution in [1.29, 1.82) is 0 Å². The highest BCUT2D eigenvalue weighted by Gasteiger charge is 2.13. The lowest BCUT2D eigenvalue weighted by atomic mass is 10.1. The van der Waals surface area contributed by atoms with Crippen molar-refractivity contribution in [3.8, 4) is 0 Å². The van der Waals surface area contributed by atoms with Crippen LogP contribution < -0.4 is 26.9 Å². The van der Waals surface area contributed by atoms with E-state index in [2.05, 4.69) is 12.2 Å². The molecule has 0 saturated heterocycles. The molecule has 0 fully saturated rings. The van der Waals surface area contributed by atoms with E-state index in [0.717, 1.165) is 12.0 Å². The molecular formula is C23H23BrN2O2. The second-order valence-corrected chi connectivity index (χ2v) is 6.40. The smallest absolute Gasteiger partial charge is 0.252 e. The molecule has 0 unspecified atom stereocenters. The molecule has 4 nitrogen and oxygen atoms in total. The normalized spacial score (nSPS) is 10.0. The fourth-order valence-corrected chi connectivity index (χ4v) is 2.78. The Kier molecular flexibility index (Phi) is 8.08. The SMILES string of the molecule is CCc1ccc(C(=O)C[n+]2ccc(C(=O)NCc3ccccc3)cc2)cc1.[Br-]. The summed E-state index contributed by atoms with van der Waals surface area (Å²) in [4.78, 5) is 24.6. The maximum Gasteiger partial charge on any atom is 0.252 e. The van der Waals surface area contributed by atoms with Gasteiger partial charge in [0.05, 0.1) is 5.56 Å². The average Bonchev–Trinajstić information content (AvgIpc) is 2.73. The van der Waals surface area contributed by atoms with E-state index < -0.39 is 0 Å². The summed E-state index contributed by atoms with van der Waals surface area (Å²) >= 11 is 0. The molecule has 5 heteroatoms. The third-order valence-corrected chi connectivity index (χ3v) is 4.46. The summed E-state index contributed by atoms with van der Waals surface area (Å²) in [6.07, 6.45) is 4.47. The van der Waals surface area contributed by atoms with Gasteiger partial charge in [0, 0.05) is 24.2 Å². The molecule has 1 heterocycles. The van der Waals surface area contributed by atoms with Gasteiger partial charge in [0.25, 0.3) is 5.91 Å². The molecule has 0 saturated carbocycles. The number of nitrogens with zero attached hydrogens (tertiary/aromatic N) is 1. The molecule has 0 radical (unpaired) electrons. The minimum absolute atomic E-state index is 0. The first-order chi connectivity index (χ1) is 13.2. The van der Waals surface area contributed by atoms with Crippen LogP contribution in [0.15, 0.2) is 79.1 Å². The number of halogens is 1. The van der Waals surface area contributed by atoms with Crippen LogP contribution in [0.2, 0.25) is 0 Å². The van der Waals surface area contributed by atoms with Gasteiger partial charge in [-0.25, -0.2) is 0 Å². The van der Waals surface area contributed by atoms with Gasteiger partial charge in [-0.05, 0) is 17.5 Å². The molecule has 3 aromatic rings. The van der Waals surface area contributed by atoms with Gasteiger partial charge in [0.2, 0.25) is 12.3 Å². The predicted molar refractivity (Wildman–Crippen MR) is 104 cm³/mol. The lowest BCUT2D eigenvalue weighted by Gasteiger charge is -2.05. The molecule has 144 valence electrons. The third kappa shape index (κ3) is 5.86. The molecule has 0 bridgehead atoms. The Hall–Kier alpha value is -2.79. The van der Waals surface area contributed by atoms with Gasteiger partial charge in [-0.3, -0.25) is 9.59 Å². The van der Waals surface area contributed by atoms with Gasteiger partial charge < -0.3 is 22.3 Å². The summed E-state index contributed by atoms with van der Waals surface area (Å²) < 4.78 is 1.78. The van der Waals surface area contributed by atoms with E-state index >= 15 is 0 Å². The Balaban J connectivity index is 0.00000280. The highest BCUT2D eigenvalue weighted by Crippen LogP contribution is 2.06. The number of pyridine rings is 1. The first-order valence-electron chi connectivity index (χ1n) is 9.09. The van der Waals surface area contributed by atoms with Crippen molar-refractivity contribution in [2.75, 3.05) is 0 Å². The maximum atomic E-state index is 12.4. The van der Waals surface area contributed by atoms with Crippen LogP contribution >= 0.6 is 0 Å². The molecule has 0 aliphatic carbocycles. The molecule has 0 spiro atoms. The number of Topliss-reactive ketones (excluding diaryl/α,β-unsaturated/α-hetero) is 1. The summed E-state index contributed by atoms with van der Waals surface area (Å²) in [6, 6.07) is 20.9. The van der Waals surface area contributed by atoms with Gasteiger partial charge in [0.15, 0.2) is 12.4 Å². The van der Waals surface area contributed by atoms with Crippen molar-refractivity contribution in [1.82, 2.24) is 5.32 Å². The molecule has 2 aromatic carbocycles. The Labute approximate surface area is 176 Å². The number of aryl methyl sites for hydroxylation is 1. The largest absolute Gasteiger partial charge is 1.00 e. The Morgan fingerprint density at radius 3 is 2.07 bits per heavy atom. The van der Waals surface area contributed by atoms with E-state index in [4.69, 9.17) is 0 Å². The number of hydrogen-bond acceptors (Lipinski definition) is 2. The van der Waals surface area contributed by atoms with Crippen molar-refractivity contribution >= 4 is 11.7 Å². The molecule has 1 aromatic heterocycles. The van der Waals surface area contributed by atoms with Crippen LogP contribution in [0.1, 0.15) is 38.8 Å². The summed E-state index contributed by atoms with van der Waals surface area (Å²) in [6.45, 7) is 2.82. The van der Waals surface area contributed by atoms with Gasteiger partial charge in [0.1, 0.15) is 0 Å². The second kappa shape index (κ2) is 10.5. The first-order valence-corrected chi connectivity index (χ1v) is 9.09. The predicted octanol–water partition coefficient (Wildman–Crippen LogP) is 0.353. The molecular weight excluding hydrogens is 416 g/mol. The summed E-state index contributed by atoms with van der Waals surface area (Å²) in [5, 5.41) is 2.90. The van der Waals surface area contributed by atoms with Gasteiger partial charge in [-0.2, -0.15) is 4.57 Å². The number of ketones is 1. The number of carbonyl (C=O) groups is 2. The number of nitrogens with one attached hydrogen (secondary N) is 1. The van der Waals surface area contributed by atoms with E-state index in [1.807, 2.05) is 54.6 Å². The first kappa shape index (κ1) is 21.5. The molecule has 3 rings (SSSR count). The summed E-state index contributed by atoms with van der Waals surface area (Å²) in [5.41, 5.74) is 3.54. The van der Waals surface area contributed by atoms with E-state index in [1.165, 1.54) is 5.56 Å². The Morgan fingerprint density at radius 1 is 0.821 bits per heavy atom. The van der Waals surface area contributed by atoms with Gasteiger partial charge in [-0.15, -0.1) is 0 Å². The monoisotopic (exact) mass is 438 g/mol. The number of rotatable bonds is 7. The minimum Gasteiger partial charge on any atom is -1.00 e. The fraction of sp³-hybridized carbons (Fsp3) is 0.174. The van der Waals surface area contributed by atoms with E-state index in [1.54, 1.807) is 29.1 Å². The van der Waals surface area contributed by atoms with Crippen molar-refractivity contribution in [3.63, 3.8) is 0 Å². The number of benzene rings is 2. The van der Waals surface area contributed by atoms with Crippen LogP contribution in [0.5, 0.6) is 0 Å². The highest BCUT2D eigenvalue weighted by atomic mass is 79.9. The number of carbonyl (C=O) groups excluding carboxylic acids is 2. The van der Waals surface area contributed by atoms with Crippen molar-refractivity contribution in [3.05, 3.63) is 101 Å². The quantitative estimate of drug-likeness (QED) is 0.427. The van der Waals surface area contributed by atoms with Crippen LogP contribution in [0.4, 0.5) is 0 Å². The molecule has 1 amide bonds. The Bertz CT molecular complexity index is 908. The summed E-state index contributed by atoms with van der Waals surface area (Å²) in [7, 11) is 0. The maximum absolute atomic E-state index is 12.4. The second-order valence-electron chi connectivity index (χ2n) is 6.40. The third-order valence-electron chi connectivity index (χ3n) is 4.46. The topological polar surface area (TPSA) is 50.0 Å².